The highest BCUT2D eigenvalue weighted by molar-refractivity contribution is 5.75. The molecule has 0 atom stereocenters. The lowest BCUT2D eigenvalue weighted by Crippen LogP contribution is -2.54. The van der Waals surface area contributed by atoms with Gasteiger partial charge in [-0.05, 0) is 0 Å². The highest BCUT2D eigenvalue weighted by Crippen LogP contribution is 2.19. The van der Waals surface area contributed by atoms with Crippen LogP contribution < -0.4 is 0 Å². The fourth-order valence-corrected chi connectivity index (χ4v) is 1.59. The van der Waals surface area contributed by atoms with Crippen LogP contribution in [0.25, 0.3) is 0 Å². The van der Waals surface area contributed by atoms with Crippen LogP contribution in [0.5, 0.6) is 0 Å². The van der Waals surface area contributed by atoms with Gasteiger partial charge in [-0.2, -0.15) is 0 Å². The SMILES string of the molecule is CN(CCO)C(=O)N1CC(CC(=O)O)C1. The summed E-state index contributed by atoms with van der Waals surface area (Å²) < 4.78 is 0. The zero-order valence-corrected chi connectivity index (χ0v) is 8.72. The van der Waals surface area contributed by atoms with Crippen LogP contribution >= 0.6 is 0 Å². The molecule has 0 aromatic rings. The van der Waals surface area contributed by atoms with Crippen LogP contribution in [0.15, 0.2) is 0 Å². The number of aliphatic carboxylic acids is 1. The van der Waals surface area contributed by atoms with Crippen molar-refractivity contribution < 1.29 is 19.8 Å². The van der Waals surface area contributed by atoms with Crippen molar-refractivity contribution >= 4 is 12.0 Å². The number of hydrogen-bond donors (Lipinski definition) is 2. The maximum Gasteiger partial charge on any atom is 0.319 e. The van der Waals surface area contributed by atoms with Crippen molar-refractivity contribution in [1.82, 2.24) is 9.80 Å². The number of rotatable bonds is 4. The quantitative estimate of drug-likeness (QED) is 0.660. The van der Waals surface area contributed by atoms with Gasteiger partial charge in [0, 0.05) is 32.6 Å². The average molecular weight is 216 g/mol. The van der Waals surface area contributed by atoms with Crippen molar-refractivity contribution in [3.05, 3.63) is 0 Å². The molecule has 2 amide bonds. The van der Waals surface area contributed by atoms with Gasteiger partial charge in [0.2, 0.25) is 0 Å². The summed E-state index contributed by atoms with van der Waals surface area (Å²) in [6.45, 7) is 1.25. The molecule has 0 radical (unpaired) electrons. The van der Waals surface area contributed by atoms with E-state index in [2.05, 4.69) is 0 Å². The molecule has 0 bridgehead atoms. The van der Waals surface area contributed by atoms with Crippen molar-refractivity contribution in [2.45, 2.75) is 6.42 Å². The monoisotopic (exact) mass is 216 g/mol. The molecular formula is C9H16N2O4. The summed E-state index contributed by atoms with van der Waals surface area (Å²) in [6, 6.07) is -0.148. The lowest BCUT2D eigenvalue weighted by atomic mass is 9.97. The normalized spacial score (nSPS) is 16.0. The third kappa shape index (κ3) is 3.09. The molecule has 86 valence electrons. The second-order valence-electron chi connectivity index (χ2n) is 3.80. The minimum atomic E-state index is -0.823. The van der Waals surface area contributed by atoms with Crippen LogP contribution in [-0.4, -0.2) is 65.3 Å². The second kappa shape index (κ2) is 4.97. The van der Waals surface area contributed by atoms with E-state index >= 15 is 0 Å². The number of carboxylic acids is 1. The molecule has 0 aromatic heterocycles. The average Bonchev–Trinajstić information content (AvgIpc) is 2.09. The molecule has 6 heteroatoms. The standard InChI is InChI=1S/C9H16N2O4/c1-10(2-3-12)9(15)11-5-7(6-11)4-8(13)14/h7,12H,2-6H2,1H3,(H,13,14). The van der Waals surface area contributed by atoms with E-state index in [1.54, 1.807) is 11.9 Å². The van der Waals surface area contributed by atoms with Crippen molar-refractivity contribution in [2.24, 2.45) is 5.92 Å². The Balaban J connectivity index is 2.26. The van der Waals surface area contributed by atoms with Gasteiger partial charge < -0.3 is 20.0 Å². The van der Waals surface area contributed by atoms with Gasteiger partial charge >= 0.3 is 12.0 Å². The van der Waals surface area contributed by atoms with E-state index < -0.39 is 5.97 Å². The van der Waals surface area contributed by atoms with Crippen molar-refractivity contribution in [2.75, 3.05) is 33.3 Å². The highest BCUT2D eigenvalue weighted by atomic mass is 16.4. The Morgan fingerprint density at radius 3 is 2.53 bits per heavy atom. The van der Waals surface area contributed by atoms with Gasteiger partial charge in [0.1, 0.15) is 0 Å². The molecule has 1 aliphatic heterocycles. The van der Waals surface area contributed by atoms with Gasteiger partial charge in [-0.25, -0.2) is 4.79 Å². The number of carbonyl (C=O) groups excluding carboxylic acids is 1. The fourth-order valence-electron chi connectivity index (χ4n) is 1.59. The first-order valence-corrected chi connectivity index (χ1v) is 4.87. The van der Waals surface area contributed by atoms with Gasteiger partial charge in [0.15, 0.2) is 0 Å². The number of aliphatic hydroxyl groups excluding tert-OH is 1. The topological polar surface area (TPSA) is 81.1 Å². The van der Waals surface area contributed by atoms with Gasteiger partial charge in [-0.15, -0.1) is 0 Å². The summed E-state index contributed by atoms with van der Waals surface area (Å²) >= 11 is 0. The number of likely N-dealkylation sites (tertiary alicyclic amines) is 1. The molecule has 0 spiro atoms. The number of amides is 2. The van der Waals surface area contributed by atoms with Gasteiger partial charge in [0.05, 0.1) is 13.0 Å². The minimum Gasteiger partial charge on any atom is -0.481 e. The first-order valence-electron chi connectivity index (χ1n) is 4.87. The Labute approximate surface area is 88.1 Å². The second-order valence-corrected chi connectivity index (χ2v) is 3.80. The van der Waals surface area contributed by atoms with Crippen molar-refractivity contribution in [3.8, 4) is 0 Å². The van der Waals surface area contributed by atoms with Crippen LogP contribution in [-0.2, 0) is 4.79 Å². The molecule has 0 aromatic carbocycles. The zero-order valence-electron chi connectivity index (χ0n) is 8.72. The molecule has 2 N–H and O–H groups in total. The van der Waals surface area contributed by atoms with Crippen molar-refractivity contribution in [3.63, 3.8) is 0 Å². The first-order chi connectivity index (χ1) is 7.04. The van der Waals surface area contributed by atoms with E-state index in [0.29, 0.717) is 19.6 Å². The molecule has 1 aliphatic rings. The van der Waals surface area contributed by atoms with E-state index in [1.807, 2.05) is 0 Å². The van der Waals surface area contributed by atoms with Gasteiger partial charge in [0.25, 0.3) is 0 Å². The summed E-state index contributed by atoms with van der Waals surface area (Å²) in [7, 11) is 1.61. The molecule has 1 rings (SSSR count). The molecule has 0 aliphatic carbocycles. The Morgan fingerprint density at radius 1 is 1.47 bits per heavy atom. The van der Waals surface area contributed by atoms with Crippen LogP contribution in [0.1, 0.15) is 6.42 Å². The molecule has 6 nitrogen and oxygen atoms in total. The number of hydrogen-bond acceptors (Lipinski definition) is 3. The van der Waals surface area contributed by atoms with Gasteiger partial charge in [-0.1, -0.05) is 0 Å². The molecular weight excluding hydrogens is 200 g/mol. The van der Waals surface area contributed by atoms with E-state index in [1.165, 1.54) is 4.90 Å². The van der Waals surface area contributed by atoms with E-state index in [0.717, 1.165) is 0 Å². The summed E-state index contributed by atoms with van der Waals surface area (Å²) in [4.78, 5) is 24.9. The summed E-state index contributed by atoms with van der Waals surface area (Å²) in [5.74, 6) is -0.746. The Kier molecular flexibility index (Phi) is 3.90. The summed E-state index contributed by atoms with van der Waals surface area (Å²) in [6.07, 6.45) is 0.119. The van der Waals surface area contributed by atoms with Crippen LogP contribution in [0.2, 0.25) is 0 Å². The maximum absolute atomic E-state index is 11.5. The first kappa shape index (κ1) is 11.8. The maximum atomic E-state index is 11.5. The lowest BCUT2D eigenvalue weighted by molar-refractivity contribution is -0.139. The van der Waals surface area contributed by atoms with Gasteiger partial charge in [-0.3, -0.25) is 4.79 Å². The molecule has 15 heavy (non-hydrogen) atoms. The predicted octanol–water partition coefficient (Wildman–Crippen LogP) is -0.563. The van der Waals surface area contributed by atoms with Crippen molar-refractivity contribution in [1.29, 1.82) is 0 Å². The Bertz CT molecular complexity index is 250. The van der Waals surface area contributed by atoms with E-state index in [9.17, 15) is 9.59 Å². The van der Waals surface area contributed by atoms with E-state index in [-0.39, 0.29) is 25.0 Å². The minimum absolute atomic E-state index is 0.0609. The molecule has 1 saturated heterocycles. The Morgan fingerprint density at radius 2 is 2.07 bits per heavy atom. The molecule has 1 heterocycles. The number of urea groups is 1. The number of carboxylic acid groups (broad SMARTS) is 1. The highest BCUT2D eigenvalue weighted by Gasteiger charge is 2.33. The summed E-state index contributed by atoms with van der Waals surface area (Å²) in [5, 5.41) is 17.2. The molecule has 0 saturated carbocycles. The smallest absolute Gasteiger partial charge is 0.319 e. The zero-order chi connectivity index (χ0) is 11.4. The number of nitrogens with zero attached hydrogens (tertiary/aromatic N) is 2. The molecule has 0 unspecified atom stereocenters. The van der Waals surface area contributed by atoms with Crippen LogP contribution in [0.4, 0.5) is 4.79 Å². The fraction of sp³-hybridized carbons (Fsp3) is 0.778. The molecule has 1 fully saturated rings. The van der Waals surface area contributed by atoms with Crippen LogP contribution in [0.3, 0.4) is 0 Å². The number of likely N-dealkylation sites (N-methyl/N-ethyl adjacent to an activating group) is 1. The third-order valence-corrected chi connectivity index (χ3v) is 2.45. The third-order valence-electron chi connectivity index (χ3n) is 2.45. The largest absolute Gasteiger partial charge is 0.481 e. The Hall–Kier alpha value is -1.30. The van der Waals surface area contributed by atoms with E-state index in [4.69, 9.17) is 10.2 Å². The summed E-state index contributed by atoms with van der Waals surface area (Å²) in [5.41, 5.74) is 0. The lowest BCUT2D eigenvalue weighted by Gasteiger charge is -2.40. The number of aliphatic hydroxyl groups is 1. The van der Waals surface area contributed by atoms with Crippen LogP contribution in [0, 0.1) is 5.92 Å². The number of carbonyl (C=O) groups is 2. The predicted molar refractivity (Wildman–Crippen MR) is 52.4 cm³/mol.